The Kier molecular flexibility index (Phi) is 5.60. The van der Waals surface area contributed by atoms with Crippen molar-refractivity contribution in [3.63, 3.8) is 0 Å². The first-order valence-corrected chi connectivity index (χ1v) is 9.23. The Labute approximate surface area is 151 Å². The van der Waals surface area contributed by atoms with E-state index in [0.29, 0.717) is 12.2 Å². The van der Waals surface area contributed by atoms with Gasteiger partial charge in [-0.05, 0) is 33.1 Å². The lowest BCUT2D eigenvalue weighted by Gasteiger charge is -2.01. The van der Waals surface area contributed by atoms with Gasteiger partial charge in [0.25, 0.3) is 5.91 Å². The minimum Gasteiger partial charge on any atom is -0.350 e. The van der Waals surface area contributed by atoms with E-state index < -0.39 is 0 Å². The fraction of sp³-hybridized carbons (Fsp3) is 0.316. The van der Waals surface area contributed by atoms with Crippen LogP contribution in [0, 0.1) is 13.8 Å². The van der Waals surface area contributed by atoms with E-state index in [4.69, 9.17) is 4.52 Å². The van der Waals surface area contributed by atoms with Crippen LogP contribution in [0.1, 0.15) is 39.7 Å². The molecule has 2 aromatic heterocycles. The standard InChI is InChI=1S/C19H21N3O2S/c1-13-6-8-15(9-7-13)16-11-17(24-22-16)19(23)20-10-4-3-5-18-21-14(2)12-25-18/h6-9,11-12H,3-5,10H2,1-2H3,(H,20,23). The van der Waals surface area contributed by atoms with Crippen LogP contribution < -0.4 is 5.32 Å². The van der Waals surface area contributed by atoms with Crippen molar-refractivity contribution in [1.29, 1.82) is 0 Å². The number of amides is 1. The molecule has 0 spiro atoms. The summed E-state index contributed by atoms with van der Waals surface area (Å²) >= 11 is 1.69. The Bertz CT molecular complexity index is 836. The molecular formula is C19H21N3O2S. The third kappa shape index (κ3) is 4.76. The molecule has 0 saturated heterocycles. The second-order valence-corrected chi connectivity index (χ2v) is 6.98. The number of hydrogen-bond donors (Lipinski definition) is 1. The third-order valence-corrected chi connectivity index (χ3v) is 4.88. The summed E-state index contributed by atoms with van der Waals surface area (Å²) in [5.41, 5.74) is 3.86. The van der Waals surface area contributed by atoms with Gasteiger partial charge >= 0.3 is 0 Å². The maximum absolute atomic E-state index is 12.1. The number of carbonyl (C=O) groups excluding carboxylic acids is 1. The van der Waals surface area contributed by atoms with E-state index in [1.54, 1.807) is 17.4 Å². The fourth-order valence-electron chi connectivity index (χ4n) is 2.45. The van der Waals surface area contributed by atoms with Gasteiger partial charge in [0.2, 0.25) is 5.76 Å². The van der Waals surface area contributed by atoms with Crippen molar-refractivity contribution in [2.75, 3.05) is 6.54 Å². The number of nitrogens with one attached hydrogen (secondary N) is 1. The van der Waals surface area contributed by atoms with Gasteiger partial charge in [0.1, 0.15) is 5.69 Å². The van der Waals surface area contributed by atoms with Gasteiger partial charge in [0.05, 0.1) is 5.01 Å². The maximum atomic E-state index is 12.1. The highest BCUT2D eigenvalue weighted by Crippen LogP contribution is 2.19. The van der Waals surface area contributed by atoms with Crippen LogP contribution in [0.4, 0.5) is 0 Å². The molecule has 0 aliphatic rings. The van der Waals surface area contributed by atoms with Gasteiger partial charge in [-0.25, -0.2) is 4.98 Å². The maximum Gasteiger partial charge on any atom is 0.289 e. The van der Waals surface area contributed by atoms with Crippen molar-refractivity contribution in [2.45, 2.75) is 33.1 Å². The highest BCUT2D eigenvalue weighted by Gasteiger charge is 2.13. The van der Waals surface area contributed by atoms with Crippen LogP contribution >= 0.6 is 11.3 Å². The molecule has 3 aromatic rings. The molecular weight excluding hydrogens is 334 g/mol. The predicted octanol–water partition coefficient (Wildman–Crippen LogP) is 4.17. The Hall–Kier alpha value is -2.47. The molecule has 0 radical (unpaired) electrons. The van der Waals surface area contributed by atoms with E-state index in [9.17, 15) is 4.79 Å². The third-order valence-electron chi connectivity index (χ3n) is 3.85. The number of benzene rings is 1. The molecule has 0 saturated carbocycles. The predicted molar refractivity (Wildman–Crippen MR) is 98.8 cm³/mol. The van der Waals surface area contributed by atoms with Crippen molar-refractivity contribution in [1.82, 2.24) is 15.5 Å². The Morgan fingerprint density at radius 2 is 2.00 bits per heavy atom. The van der Waals surface area contributed by atoms with Crippen molar-refractivity contribution < 1.29 is 9.32 Å². The summed E-state index contributed by atoms with van der Waals surface area (Å²) in [6.45, 7) is 4.65. The van der Waals surface area contributed by atoms with E-state index >= 15 is 0 Å². The molecule has 25 heavy (non-hydrogen) atoms. The molecule has 1 N–H and O–H groups in total. The van der Waals surface area contributed by atoms with Gasteiger partial charge in [-0.15, -0.1) is 11.3 Å². The molecule has 0 atom stereocenters. The van der Waals surface area contributed by atoms with Crippen LogP contribution in [0.15, 0.2) is 40.2 Å². The Morgan fingerprint density at radius 1 is 1.20 bits per heavy atom. The van der Waals surface area contributed by atoms with Crippen molar-refractivity contribution in [3.8, 4) is 11.3 Å². The van der Waals surface area contributed by atoms with E-state index in [0.717, 1.165) is 35.5 Å². The monoisotopic (exact) mass is 355 g/mol. The SMILES string of the molecule is Cc1ccc(-c2cc(C(=O)NCCCCc3nc(C)cs3)on2)cc1. The lowest BCUT2D eigenvalue weighted by atomic mass is 10.1. The fourth-order valence-corrected chi connectivity index (χ4v) is 3.27. The van der Waals surface area contributed by atoms with Crippen LogP contribution in [0.3, 0.4) is 0 Å². The summed E-state index contributed by atoms with van der Waals surface area (Å²) in [4.78, 5) is 16.6. The summed E-state index contributed by atoms with van der Waals surface area (Å²) in [6, 6.07) is 9.63. The van der Waals surface area contributed by atoms with E-state index in [2.05, 4.69) is 20.8 Å². The van der Waals surface area contributed by atoms with Gasteiger partial charge < -0.3 is 9.84 Å². The van der Waals surface area contributed by atoms with Crippen LogP contribution in [0.25, 0.3) is 11.3 Å². The summed E-state index contributed by atoms with van der Waals surface area (Å²) in [5.74, 6) is 0.0158. The van der Waals surface area contributed by atoms with Crippen LogP contribution in [-0.2, 0) is 6.42 Å². The molecule has 1 aromatic carbocycles. The number of rotatable bonds is 7. The largest absolute Gasteiger partial charge is 0.350 e. The van der Waals surface area contributed by atoms with Gasteiger partial charge in [0, 0.05) is 29.2 Å². The number of hydrogen-bond acceptors (Lipinski definition) is 5. The molecule has 0 aliphatic carbocycles. The Morgan fingerprint density at radius 3 is 2.72 bits per heavy atom. The molecule has 5 nitrogen and oxygen atoms in total. The number of unbranched alkanes of at least 4 members (excludes halogenated alkanes) is 1. The minimum absolute atomic E-state index is 0.226. The van der Waals surface area contributed by atoms with Crippen molar-refractivity contribution in [2.24, 2.45) is 0 Å². The van der Waals surface area contributed by atoms with Gasteiger partial charge in [-0.3, -0.25) is 4.79 Å². The first-order chi connectivity index (χ1) is 12.1. The highest BCUT2D eigenvalue weighted by molar-refractivity contribution is 7.09. The van der Waals surface area contributed by atoms with E-state index in [-0.39, 0.29) is 11.7 Å². The van der Waals surface area contributed by atoms with Gasteiger partial charge in [-0.2, -0.15) is 0 Å². The normalized spacial score (nSPS) is 10.8. The van der Waals surface area contributed by atoms with Gasteiger partial charge in [0.15, 0.2) is 0 Å². The lowest BCUT2D eigenvalue weighted by Crippen LogP contribution is -2.24. The number of aryl methyl sites for hydroxylation is 3. The van der Waals surface area contributed by atoms with Crippen LogP contribution in [-0.4, -0.2) is 22.6 Å². The van der Waals surface area contributed by atoms with Crippen molar-refractivity contribution in [3.05, 3.63) is 57.7 Å². The molecule has 1 amide bonds. The highest BCUT2D eigenvalue weighted by atomic mass is 32.1. The molecule has 0 bridgehead atoms. The number of carbonyl (C=O) groups is 1. The zero-order valence-corrected chi connectivity index (χ0v) is 15.2. The average molecular weight is 355 g/mol. The topological polar surface area (TPSA) is 68.0 Å². The Balaban J connectivity index is 1.44. The molecule has 0 aliphatic heterocycles. The summed E-state index contributed by atoms with van der Waals surface area (Å²) in [7, 11) is 0. The second kappa shape index (κ2) is 8.07. The number of aromatic nitrogens is 2. The first kappa shape index (κ1) is 17.4. The molecule has 6 heteroatoms. The first-order valence-electron chi connectivity index (χ1n) is 8.35. The molecule has 3 rings (SSSR count). The minimum atomic E-state index is -0.226. The zero-order chi connectivity index (χ0) is 17.6. The zero-order valence-electron chi connectivity index (χ0n) is 14.4. The van der Waals surface area contributed by atoms with E-state index in [1.807, 2.05) is 38.1 Å². The van der Waals surface area contributed by atoms with E-state index in [1.165, 1.54) is 5.56 Å². The molecule has 130 valence electrons. The number of nitrogens with zero attached hydrogens (tertiary/aromatic N) is 2. The average Bonchev–Trinajstić information content (AvgIpc) is 3.24. The summed E-state index contributed by atoms with van der Waals surface area (Å²) in [5, 5.41) is 10.1. The number of thiazole rings is 1. The van der Waals surface area contributed by atoms with Crippen LogP contribution in [0.2, 0.25) is 0 Å². The molecule has 0 fully saturated rings. The quantitative estimate of drug-likeness (QED) is 0.646. The smallest absolute Gasteiger partial charge is 0.289 e. The second-order valence-electron chi connectivity index (χ2n) is 6.04. The van der Waals surface area contributed by atoms with Gasteiger partial charge in [-0.1, -0.05) is 35.0 Å². The lowest BCUT2D eigenvalue weighted by molar-refractivity contribution is 0.0916. The molecule has 0 unspecified atom stereocenters. The summed E-state index contributed by atoms with van der Waals surface area (Å²) < 4.78 is 5.17. The molecule has 2 heterocycles. The van der Waals surface area contributed by atoms with Crippen LogP contribution in [0.5, 0.6) is 0 Å². The summed E-state index contributed by atoms with van der Waals surface area (Å²) in [6.07, 6.45) is 2.86. The van der Waals surface area contributed by atoms with Crippen molar-refractivity contribution >= 4 is 17.2 Å².